The van der Waals surface area contributed by atoms with Gasteiger partial charge < -0.3 is 10.1 Å². The quantitative estimate of drug-likeness (QED) is 0.760. The van der Waals surface area contributed by atoms with Gasteiger partial charge in [-0.1, -0.05) is 23.7 Å². The Hall–Kier alpha value is -1.06. The Labute approximate surface area is 107 Å². The molecule has 0 aromatic heterocycles. The highest BCUT2D eigenvalue weighted by Crippen LogP contribution is 2.09. The van der Waals surface area contributed by atoms with Crippen LogP contribution in [0.5, 0.6) is 0 Å². The van der Waals surface area contributed by atoms with Crippen molar-refractivity contribution >= 4 is 17.5 Å². The minimum absolute atomic E-state index is 0.0796. The highest BCUT2D eigenvalue weighted by Gasteiger charge is 2.00. The number of carbonyl (C=O) groups is 1. The van der Waals surface area contributed by atoms with Crippen molar-refractivity contribution in [1.29, 1.82) is 0 Å². The van der Waals surface area contributed by atoms with Crippen LogP contribution in [0.1, 0.15) is 18.4 Å². The molecule has 0 spiro atoms. The molecular formula is C13H18ClNO2. The lowest BCUT2D eigenvalue weighted by Crippen LogP contribution is -2.25. The highest BCUT2D eigenvalue weighted by atomic mass is 35.5. The molecule has 0 aliphatic heterocycles. The summed E-state index contributed by atoms with van der Waals surface area (Å²) in [4.78, 5) is 11.4. The summed E-state index contributed by atoms with van der Waals surface area (Å²) in [6.07, 6.45) is 2.12. The Kier molecular flexibility index (Phi) is 6.67. The maximum atomic E-state index is 11.4. The molecule has 0 bridgehead atoms. The SMILES string of the molecule is COCCCC(=O)NCCc1ccc(Cl)cc1. The molecule has 1 aromatic rings. The van der Waals surface area contributed by atoms with Crippen LogP contribution in [0.2, 0.25) is 5.02 Å². The second-order valence-electron chi connectivity index (χ2n) is 3.82. The molecule has 1 rings (SSSR count). The predicted molar refractivity (Wildman–Crippen MR) is 69.3 cm³/mol. The number of ether oxygens (including phenoxy) is 1. The standard InChI is InChI=1S/C13H18ClNO2/c1-17-10-2-3-13(16)15-9-8-11-4-6-12(14)7-5-11/h4-7H,2-3,8-10H2,1H3,(H,15,16). The van der Waals surface area contributed by atoms with Gasteiger partial charge in [0.05, 0.1) is 0 Å². The van der Waals surface area contributed by atoms with Gasteiger partial charge in [0.1, 0.15) is 0 Å². The fourth-order valence-electron chi connectivity index (χ4n) is 1.46. The normalized spacial score (nSPS) is 10.2. The molecule has 0 aliphatic carbocycles. The van der Waals surface area contributed by atoms with Gasteiger partial charge in [-0.05, 0) is 30.5 Å². The lowest BCUT2D eigenvalue weighted by atomic mass is 10.1. The lowest BCUT2D eigenvalue weighted by Gasteiger charge is -2.05. The summed E-state index contributed by atoms with van der Waals surface area (Å²) in [5.74, 6) is 0.0796. The molecular weight excluding hydrogens is 238 g/mol. The molecule has 94 valence electrons. The second-order valence-corrected chi connectivity index (χ2v) is 4.26. The third kappa shape index (κ3) is 6.29. The van der Waals surface area contributed by atoms with Crippen LogP contribution in [0.4, 0.5) is 0 Å². The van der Waals surface area contributed by atoms with E-state index in [0.717, 1.165) is 17.9 Å². The molecule has 0 fully saturated rings. The second kappa shape index (κ2) is 8.09. The number of amides is 1. The Morgan fingerprint density at radius 1 is 1.35 bits per heavy atom. The zero-order valence-corrected chi connectivity index (χ0v) is 10.8. The zero-order chi connectivity index (χ0) is 12.5. The number of carbonyl (C=O) groups excluding carboxylic acids is 1. The maximum absolute atomic E-state index is 11.4. The van der Waals surface area contributed by atoms with Crippen molar-refractivity contribution in [2.24, 2.45) is 0 Å². The average Bonchev–Trinajstić information content (AvgIpc) is 2.32. The highest BCUT2D eigenvalue weighted by molar-refractivity contribution is 6.30. The summed E-state index contributed by atoms with van der Waals surface area (Å²) < 4.78 is 4.88. The molecule has 4 heteroatoms. The van der Waals surface area contributed by atoms with Crippen molar-refractivity contribution < 1.29 is 9.53 Å². The van der Waals surface area contributed by atoms with E-state index in [1.165, 1.54) is 5.56 Å². The molecule has 0 saturated carbocycles. The van der Waals surface area contributed by atoms with Crippen molar-refractivity contribution in [1.82, 2.24) is 5.32 Å². The van der Waals surface area contributed by atoms with E-state index < -0.39 is 0 Å². The van der Waals surface area contributed by atoms with E-state index in [2.05, 4.69) is 5.32 Å². The fraction of sp³-hybridized carbons (Fsp3) is 0.462. The van der Waals surface area contributed by atoms with Crippen LogP contribution in [-0.2, 0) is 16.0 Å². The van der Waals surface area contributed by atoms with Gasteiger partial charge in [-0.25, -0.2) is 0 Å². The van der Waals surface area contributed by atoms with Crippen molar-refractivity contribution in [3.05, 3.63) is 34.9 Å². The molecule has 1 amide bonds. The first-order valence-corrected chi connectivity index (χ1v) is 6.10. The van der Waals surface area contributed by atoms with Gasteiger partial charge in [0.25, 0.3) is 0 Å². The molecule has 1 aromatic carbocycles. The van der Waals surface area contributed by atoms with Crippen LogP contribution >= 0.6 is 11.6 Å². The minimum atomic E-state index is 0.0796. The molecule has 0 radical (unpaired) electrons. The molecule has 17 heavy (non-hydrogen) atoms. The fourth-order valence-corrected chi connectivity index (χ4v) is 1.59. The topological polar surface area (TPSA) is 38.3 Å². The van der Waals surface area contributed by atoms with Crippen LogP contribution in [0.15, 0.2) is 24.3 Å². The van der Waals surface area contributed by atoms with Crippen LogP contribution in [-0.4, -0.2) is 26.2 Å². The molecule has 3 nitrogen and oxygen atoms in total. The van der Waals surface area contributed by atoms with Gasteiger partial charge in [0.15, 0.2) is 0 Å². The molecule has 0 aliphatic rings. The number of halogens is 1. The van der Waals surface area contributed by atoms with E-state index in [1.807, 2.05) is 24.3 Å². The Morgan fingerprint density at radius 2 is 2.06 bits per heavy atom. The van der Waals surface area contributed by atoms with E-state index in [9.17, 15) is 4.79 Å². The summed E-state index contributed by atoms with van der Waals surface area (Å²) in [5, 5.41) is 3.61. The molecule has 0 atom stereocenters. The van der Waals surface area contributed by atoms with E-state index >= 15 is 0 Å². The summed E-state index contributed by atoms with van der Waals surface area (Å²) in [5.41, 5.74) is 1.17. The van der Waals surface area contributed by atoms with Gasteiger partial charge in [-0.2, -0.15) is 0 Å². The lowest BCUT2D eigenvalue weighted by molar-refractivity contribution is -0.121. The maximum Gasteiger partial charge on any atom is 0.220 e. The van der Waals surface area contributed by atoms with Crippen LogP contribution < -0.4 is 5.32 Å². The van der Waals surface area contributed by atoms with E-state index in [1.54, 1.807) is 7.11 Å². The third-order valence-corrected chi connectivity index (χ3v) is 2.65. The number of methoxy groups -OCH3 is 1. The van der Waals surface area contributed by atoms with Crippen molar-refractivity contribution in [2.45, 2.75) is 19.3 Å². The number of rotatable bonds is 7. The average molecular weight is 256 g/mol. The number of hydrogen-bond acceptors (Lipinski definition) is 2. The monoisotopic (exact) mass is 255 g/mol. The summed E-state index contributed by atoms with van der Waals surface area (Å²) >= 11 is 5.79. The zero-order valence-electron chi connectivity index (χ0n) is 10.0. The van der Waals surface area contributed by atoms with Gasteiger partial charge in [-0.3, -0.25) is 4.79 Å². The summed E-state index contributed by atoms with van der Waals surface area (Å²) in [6.45, 7) is 1.29. The van der Waals surface area contributed by atoms with Crippen molar-refractivity contribution in [2.75, 3.05) is 20.3 Å². The Morgan fingerprint density at radius 3 is 2.71 bits per heavy atom. The first-order valence-electron chi connectivity index (χ1n) is 5.72. The first kappa shape index (κ1) is 14.0. The van der Waals surface area contributed by atoms with E-state index in [-0.39, 0.29) is 5.91 Å². The predicted octanol–water partition coefficient (Wildman–Crippen LogP) is 2.43. The molecule has 0 unspecified atom stereocenters. The van der Waals surface area contributed by atoms with Gasteiger partial charge in [0, 0.05) is 31.7 Å². The third-order valence-electron chi connectivity index (χ3n) is 2.40. The minimum Gasteiger partial charge on any atom is -0.385 e. The van der Waals surface area contributed by atoms with Crippen molar-refractivity contribution in [3.8, 4) is 0 Å². The molecule has 0 saturated heterocycles. The Balaban J connectivity index is 2.14. The molecule has 1 N–H and O–H groups in total. The smallest absolute Gasteiger partial charge is 0.220 e. The number of nitrogens with one attached hydrogen (secondary N) is 1. The van der Waals surface area contributed by atoms with E-state index in [4.69, 9.17) is 16.3 Å². The van der Waals surface area contributed by atoms with Crippen LogP contribution in [0.3, 0.4) is 0 Å². The number of benzene rings is 1. The van der Waals surface area contributed by atoms with Gasteiger partial charge in [0.2, 0.25) is 5.91 Å². The molecule has 0 heterocycles. The largest absolute Gasteiger partial charge is 0.385 e. The van der Waals surface area contributed by atoms with Gasteiger partial charge >= 0.3 is 0 Å². The summed E-state index contributed by atoms with van der Waals surface area (Å²) in [7, 11) is 1.64. The van der Waals surface area contributed by atoms with E-state index in [0.29, 0.717) is 19.6 Å². The van der Waals surface area contributed by atoms with Crippen LogP contribution in [0, 0.1) is 0 Å². The summed E-state index contributed by atoms with van der Waals surface area (Å²) in [6, 6.07) is 7.66. The van der Waals surface area contributed by atoms with Crippen LogP contribution in [0.25, 0.3) is 0 Å². The Bertz CT molecular complexity index is 338. The van der Waals surface area contributed by atoms with Crippen molar-refractivity contribution in [3.63, 3.8) is 0 Å². The number of hydrogen-bond donors (Lipinski definition) is 1. The first-order chi connectivity index (χ1) is 8.22. The van der Waals surface area contributed by atoms with Gasteiger partial charge in [-0.15, -0.1) is 0 Å².